The van der Waals surface area contributed by atoms with Crippen LogP contribution < -0.4 is 4.31 Å². The lowest BCUT2D eigenvalue weighted by Gasteiger charge is -2.31. The number of hydrogen-bond acceptors (Lipinski definition) is 4. The van der Waals surface area contributed by atoms with Gasteiger partial charge in [-0.2, -0.15) is 0 Å². The quantitative estimate of drug-likeness (QED) is 0.796. The molecule has 0 N–H and O–H groups in total. The summed E-state index contributed by atoms with van der Waals surface area (Å²) in [6.45, 7) is 3.67. The highest BCUT2D eigenvalue weighted by molar-refractivity contribution is 7.92. The fourth-order valence-corrected chi connectivity index (χ4v) is 4.32. The number of hydrogen-bond donors (Lipinski definition) is 0. The van der Waals surface area contributed by atoms with Crippen LogP contribution in [0.2, 0.25) is 0 Å². The standard InChI is InChI=1S/C15H18N2O4S/c1-5-10-8-17-9(2)22(19,20)16(3)13-7-11(15(18)21-4)6-12(10)14(13)17/h6-9H,5H2,1-4H3. The number of carbonyl (C=O) groups is 1. The second kappa shape index (κ2) is 4.74. The minimum Gasteiger partial charge on any atom is -0.465 e. The van der Waals surface area contributed by atoms with Gasteiger partial charge in [0.2, 0.25) is 0 Å². The number of ether oxygens (including phenoxy) is 1. The van der Waals surface area contributed by atoms with Gasteiger partial charge in [-0.05, 0) is 31.0 Å². The molecule has 0 saturated heterocycles. The Hall–Kier alpha value is -2.02. The molecule has 1 aliphatic rings. The molecule has 2 aromatic rings. The molecule has 0 aliphatic carbocycles. The second-order valence-electron chi connectivity index (χ2n) is 5.41. The van der Waals surface area contributed by atoms with Gasteiger partial charge >= 0.3 is 5.97 Å². The van der Waals surface area contributed by atoms with Crippen LogP contribution in [-0.2, 0) is 21.2 Å². The third kappa shape index (κ3) is 1.78. The van der Waals surface area contributed by atoms with Crippen LogP contribution in [-0.4, -0.2) is 33.1 Å². The Morgan fingerprint density at radius 1 is 1.36 bits per heavy atom. The molecule has 118 valence electrons. The van der Waals surface area contributed by atoms with E-state index in [2.05, 4.69) is 0 Å². The Bertz CT molecular complexity index is 883. The van der Waals surface area contributed by atoms with Crippen molar-refractivity contribution in [3.63, 3.8) is 0 Å². The first-order valence-electron chi connectivity index (χ1n) is 7.06. The lowest BCUT2D eigenvalue weighted by Crippen LogP contribution is -2.36. The molecule has 7 heteroatoms. The molecule has 0 amide bonds. The van der Waals surface area contributed by atoms with Gasteiger partial charge in [-0.15, -0.1) is 0 Å². The largest absolute Gasteiger partial charge is 0.465 e. The van der Waals surface area contributed by atoms with Gasteiger partial charge in [0.25, 0.3) is 10.0 Å². The summed E-state index contributed by atoms with van der Waals surface area (Å²) in [5, 5.41) is 0.228. The minimum absolute atomic E-state index is 0.356. The zero-order valence-corrected chi connectivity index (χ0v) is 13.8. The van der Waals surface area contributed by atoms with Crippen LogP contribution in [0.25, 0.3) is 10.9 Å². The highest BCUT2D eigenvalue weighted by Crippen LogP contribution is 2.41. The minimum atomic E-state index is -3.50. The summed E-state index contributed by atoms with van der Waals surface area (Å²) in [4.78, 5) is 11.9. The molecular formula is C15H18N2O4S. The molecule has 0 saturated carbocycles. The fourth-order valence-electron chi connectivity index (χ4n) is 2.99. The van der Waals surface area contributed by atoms with E-state index >= 15 is 0 Å². The molecule has 1 aromatic heterocycles. The number of anilines is 1. The number of methoxy groups -OCH3 is 1. The van der Waals surface area contributed by atoms with Gasteiger partial charge < -0.3 is 9.30 Å². The number of aromatic nitrogens is 1. The number of esters is 1. The molecule has 0 bridgehead atoms. The van der Waals surface area contributed by atoms with Crippen LogP contribution in [0.1, 0.15) is 35.1 Å². The Kier molecular flexibility index (Phi) is 3.21. The molecule has 22 heavy (non-hydrogen) atoms. The average Bonchev–Trinajstić information content (AvgIpc) is 2.89. The van der Waals surface area contributed by atoms with E-state index in [-0.39, 0.29) is 0 Å². The molecule has 3 rings (SSSR count). The number of rotatable bonds is 2. The van der Waals surface area contributed by atoms with Crippen molar-refractivity contribution in [2.75, 3.05) is 18.5 Å². The predicted molar refractivity (Wildman–Crippen MR) is 84.7 cm³/mol. The summed E-state index contributed by atoms with van der Waals surface area (Å²) < 4.78 is 32.9. The van der Waals surface area contributed by atoms with Crippen LogP contribution in [0.15, 0.2) is 18.3 Å². The lowest BCUT2D eigenvalue weighted by atomic mass is 10.1. The molecule has 0 radical (unpaired) electrons. The summed E-state index contributed by atoms with van der Waals surface area (Å²) in [7, 11) is -0.670. The third-order valence-electron chi connectivity index (χ3n) is 4.33. The maximum absolute atomic E-state index is 12.6. The Labute approximate surface area is 129 Å². The lowest BCUT2D eigenvalue weighted by molar-refractivity contribution is 0.0601. The maximum atomic E-state index is 12.6. The van der Waals surface area contributed by atoms with Gasteiger partial charge in [-0.3, -0.25) is 4.31 Å². The van der Waals surface area contributed by atoms with Crippen molar-refractivity contribution in [1.82, 2.24) is 4.57 Å². The Morgan fingerprint density at radius 3 is 2.64 bits per heavy atom. The summed E-state index contributed by atoms with van der Waals surface area (Å²) in [5.41, 5.74) is 2.72. The van der Waals surface area contributed by atoms with E-state index in [0.717, 1.165) is 22.9 Å². The summed E-state index contributed by atoms with van der Waals surface area (Å²) >= 11 is 0. The normalized spacial score (nSPS) is 19.5. The van der Waals surface area contributed by atoms with Crippen LogP contribution in [0.3, 0.4) is 0 Å². The van der Waals surface area contributed by atoms with Crippen molar-refractivity contribution in [2.24, 2.45) is 0 Å². The van der Waals surface area contributed by atoms with Crippen LogP contribution >= 0.6 is 0 Å². The zero-order valence-electron chi connectivity index (χ0n) is 13.0. The number of carbonyl (C=O) groups excluding carboxylic acids is 1. The van der Waals surface area contributed by atoms with E-state index < -0.39 is 21.4 Å². The number of benzene rings is 1. The van der Waals surface area contributed by atoms with E-state index in [1.165, 1.54) is 18.5 Å². The van der Waals surface area contributed by atoms with E-state index in [1.54, 1.807) is 23.6 Å². The summed E-state index contributed by atoms with van der Waals surface area (Å²) in [5.74, 6) is -0.475. The molecule has 6 nitrogen and oxygen atoms in total. The van der Waals surface area contributed by atoms with Gasteiger partial charge in [0.05, 0.1) is 23.9 Å². The topological polar surface area (TPSA) is 68.6 Å². The molecular weight excluding hydrogens is 304 g/mol. The van der Waals surface area contributed by atoms with Gasteiger partial charge in [0, 0.05) is 18.6 Å². The highest BCUT2D eigenvalue weighted by atomic mass is 32.2. The Balaban J connectivity index is 2.44. The van der Waals surface area contributed by atoms with Gasteiger partial charge in [0.1, 0.15) is 0 Å². The van der Waals surface area contributed by atoms with Crippen molar-refractivity contribution in [1.29, 1.82) is 0 Å². The molecule has 1 atom stereocenters. The van der Waals surface area contributed by atoms with E-state index in [1.807, 2.05) is 13.1 Å². The first-order valence-corrected chi connectivity index (χ1v) is 8.56. The Morgan fingerprint density at radius 2 is 2.05 bits per heavy atom. The first-order chi connectivity index (χ1) is 10.3. The maximum Gasteiger partial charge on any atom is 0.337 e. The van der Waals surface area contributed by atoms with E-state index in [0.29, 0.717) is 11.3 Å². The molecule has 1 unspecified atom stereocenters. The average molecular weight is 322 g/mol. The SMILES string of the molecule is CCc1cn2c3c(cc(C(=O)OC)cc13)N(C)S(=O)(=O)C2C. The molecule has 2 heterocycles. The van der Waals surface area contributed by atoms with Gasteiger partial charge in [-0.1, -0.05) is 6.92 Å². The summed E-state index contributed by atoms with van der Waals surface area (Å²) in [6, 6.07) is 3.35. The van der Waals surface area contributed by atoms with Crippen LogP contribution in [0, 0.1) is 0 Å². The van der Waals surface area contributed by atoms with Crippen LogP contribution in [0.5, 0.6) is 0 Å². The third-order valence-corrected chi connectivity index (χ3v) is 6.38. The molecule has 0 fully saturated rings. The first kappa shape index (κ1) is 14.9. The number of sulfonamides is 1. The highest BCUT2D eigenvalue weighted by Gasteiger charge is 2.36. The van der Waals surface area contributed by atoms with Gasteiger partial charge in [-0.25, -0.2) is 13.2 Å². The molecule has 1 aliphatic heterocycles. The monoisotopic (exact) mass is 322 g/mol. The summed E-state index contributed by atoms with van der Waals surface area (Å²) in [6.07, 6.45) is 2.62. The second-order valence-corrected chi connectivity index (χ2v) is 7.67. The van der Waals surface area contributed by atoms with Crippen molar-refractivity contribution in [3.05, 3.63) is 29.5 Å². The van der Waals surface area contributed by atoms with Crippen molar-refractivity contribution < 1.29 is 17.9 Å². The van der Waals surface area contributed by atoms with Crippen LogP contribution in [0.4, 0.5) is 5.69 Å². The molecule has 0 spiro atoms. The smallest absolute Gasteiger partial charge is 0.337 e. The predicted octanol–water partition coefficient (Wildman–Crippen LogP) is 2.29. The molecule has 1 aromatic carbocycles. The van der Waals surface area contributed by atoms with E-state index in [9.17, 15) is 13.2 Å². The van der Waals surface area contributed by atoms with Crippen molar-refractivity contribution in [3.8, 4) is 0 Å². The van der Waals surface area contributed by atoms with Crippen molar-refractivity contribution in [2.45, 2.75) is 25.6 Å². The number of aryl methyl sites for hydroxylation is 1. The van der Waals surface area contributed by atoms with Gasteiger partial charge in [0.15, 0.2) is 5.37 Å². The fraction of sp³-hybridized carbons (Fsp3) is 0.400. The van der Waals surface area contributed by atoms with E-state index in [4.69, 9.17) is 4.74 Å². The zero-order chi connectivity index (χ0) is 16.2. The number of nitrogens with zero attached hydrogens (tertiary/aromatic N) is 2. The van der Waals surface area contributed by atoms with Crippen molar-refractivity contribution >= 4 is 32.6 Å².